The lowest BCUT2D eigenvalue weighted by molar-refractivity contribution is 0.0842. The number of thiocarbonyl (C=S) groups is 1. The highest BCUT2D eigenvalue weighted by Gasteiger charge is 2.41. The second-order valence-electron chi connectivity index (χ2n) is 8.60. The molecular formula is C23H30N4OS. The maximum absolute atomic E-state index is 5.94. The van der Waals surface area contributed by atoms with Crippen LogP contribution in [0, 0.1) is 0 Å². The van der Waals surface area contributed by atoms with Crippen LogP contribution in [-0.4, -0.2) is 38.8 Å². The van der Waals surface area contributed by atoms with Crippen molar-refractivity contribution >= 4 is 17.3 Å². The summed E-state index contributed by atoms with van der Waals surface area (Å²) in [5.74, 6) is 0. The van der Waals surface area contributed by atoms with Crippen LogP contribution in [0.5, 0.6) is 0 Å². The van der Waals surface area contributed by atoms with Crippen LogP contribution in [0.3, 0.4) is 0 Å². The molecule has 0 radical (unpaired) electrons. The highest BCUT2D eigenvalue weighted by Crippen LogP contribution is 2.40. The lowest BCUT2D eigenvalue weighted by atomic mass is 9.95. The molecular weight excluding hydrogens is 380 g/mol. The molecule has 6 heteroatoms. The first kappa shape index (κ1) is 19.1. The van der Waals surface area contributed by atoms with Gasteiger partial charge in [0, 0.05) is 37.8 Å². The number of nitrogens with zero attached hydrogens (tertiary/aromatic N) is 3. The molecule has 1 aliphatic carbocycles. The minimum absolute atomic E-state index is 0.0623. The van der Waals surface area contributed by atoms with E-state index in [0.717, 1.165) is 36.8 Å². The molecule has 5 rings (SSSR count). The third-order valence-corrected chi connectivity index (χ3v) is 7.05. The van der Waals surface area contributed by atoms with E-state index >= 15 is 0 Å². The average Bonchev–Trinajstić information content (AvgIpc) is 3.51. The number of hydrogen-bond donors (Lipinski definition) is 1. The largest absolute Gasteiger partial charge is 0.376 e. The molecule has 0 spiro atoms. The highest BCUT2D eigenvalue weighted by molar-refractivity contribution is 7.80. The van der Waals surface area contributed by atoms with Crippen molar-refractivity contribution in [2.45, 2.75) is 69.2 Å². The Hall–Kier alpha value is -1.92. The van der Waals surface area contributed by atoms with Crippen LogP contribution in [0.2, 0.25) is 0 Å². The van der Waals surface area contributed by atoms with Gasteiger partial charge in [-0.2, -0.15) is 0 Å². The van der Waals surface area contributed by atoms with E-state index in [0.29, 0.717) is 6.04 Å². The second-order valence-corrected chi connectivity index (χ2v) is 8.98. The molecule has 1 N–H and O–H groups in total. The molecule has 0 unspecified atom stereocenters. The molecule has 154 valence electrons. The van der Waals surface area contributed by atoms with E-state index in [9.17, 15) is 0 Å². The van der Waals surface area contributed by atoms with Gasteiger partial charge in [0.15, 0.2) is 5.11 Å². The number of ether oxygens (including phenoxy) is 1. The van der Waals surface area contributed by atoms with E-state index in [-0.39, 0.29) is 18.2 Å². The number of aromatic nitrogens is 2. The van der Waals surface area contributed by atoms with E-state index in [1.807, 2.05) is 12.3 Å². The summed E-state index contributed by atoms with van der Waals surface area (Å²) in [6.07, 6.45) is 15.7. The van der Waals surface area contributed by atoms with E-state index < -0.39 is 0 Å². The summed E-state index contributed by atoms with van der Waals surface area (Å²) >= 11 is 5.79. The summed E-state index contributed by atoms with van der Waals surface area (Å²) in [5, 5.41) is 4.37. The first-order valence-corrected chi connectivity index (χ1v) is 11.5. The molecule has 0 amide bonds. The SMILES string of the molecule is S=C1N[C@H](c2ccccn2)[C@@H](c2ccn(C3CCCCC3)c2)N1C[C@@H]1CCCO1. The average molecular weight is 411 g/mol. The number of nitrogens with one attached hydrogen (secondary N) is 1. The van der Waals surface area contributed by atoms with Crippen LogP contribution < -0.4 is 5.32 Å². The number of pyridine rings is 1. The fourth-order valence-electron chi connectivity index (χ4n) is 5.18. The van der Waals surface area contributed by atoms with Crippen molar-refractivity contribution in [1.29, 1.82) is 0 Å². The molecule has 1 saturated carbocycles. The molecule has 29 heavy (non-hydrogen) atoms. The minimum atomic E-state index is 0.0623. The summed E-state index contributed by atoms with van der Waals surface area (Å²) in [6.45, 7) is 1.71. The quantitative estimate of drug-likeness (QED) is 0.733. The first-order valence-electron chi connectivity index (χ1n) is 11.1. The van der Waals surface area contributed by atoms with Crippen molar-refractivity contribution in [3.63, 3.8) is 0 Å². The lowest BCUT2D eigenvalue weighted by Gasteiger charge is -2.29. The van der Waals surface area contributed by atoms with Crippen molar-refractivity contribution in [3.8, 4) is 0 Å². The van der Waals surface area contributed by atoms with Crippen LogP contribution in [0.25, 0.3) is 0 Å². The maximum Gasteiger partial charge on any atom is 0.170 e. The summed E-state index contributed by atoms with van der Waals surface area (Å²) in [6, 6.07) is 9.25. The van der Waals surface area contributed by atoms with Gasteiger partial charge in [-0.3, -0.25) is 4.98 Å². The van der Waals surface area contributed by atoms with E-state index in [4.69, 9.17) is 17.0 Å². The Labute approximate surface area is 178 Å². The molecule has 2 aromatic rings. The number of rotatable bonds is 5. The molecule has 0 aromatic carbocycles. The second kappa shape index (κ2) is 8.44. The van der Waals surface area contributed by atoms with Gasteiger partial charge in [0.2, 0.25) is 0 Å². The zero-order chi connectivity index (χ0) is 19.6. The molecule has 2 saturated heterocycles. The molecule has 3 fully saturated rings. The van der Waals surface area contributed by atoms with Crippen molar-refractivity contribution < 1.29 is 4.74 Å². The van der Waals surface area contributed by atoms with Gasteiger partial charge < -0.3 is 19.5 Å². The fourth-order valence-corrected chi connectivity index (χ4v) is 5.50. The Morgan fingerprint density at radius 2 is 2.00 bits per heavy atom. The van der Waals surface area contributed by atoms with Crippen LogP contribution in [0.4, 0.5) is 0 Å². The third kappa shape index (κ3) is 3.92. The molecule has 5 nitrogen and oxygen atoms in total. The van der Waals surface area contributed by atoms with Gasteiger partial charge in [-0.1, -0.05) is 25.3 Å². The predicted molar refractivity (Wildman–Crippen MR) is 118 cm³/mol. The highest BCUT2D eigenvalue weighted by atomic mass is 32.1. The van der Waals surface area contributed by atoms with Crippen molar-refractivity contribution in [1.82, 2.24) is 19.8 Å². The zero-order valence-corrected chi connectivity index (χ0v) is 17.7. The van der Waals surface area contributed by atoms with Crippen LogP contribution in [0.15, 0.2) is 42.9 Å². The minimum Gasteiger partial charge on any atom is -0.376 e. The smallest absolute Gasteiger partial charge is 0.170 e. The lowest BCUT2D eigenvalue weighted by Crippen LogP contribution is -2.36. The van der Waals surface area contributed by atoms with Gasteiger partial charge >= 0.3 is 0 Å². The Kier molecular flexibility index (Phi) is 5.55. The van der Waals surface area contributed by atoms with E-state index in [1.165, 1.54) is 37.7 Å². The third-order valence-electron chi connectivity index (χ3n) is 6.70. The normalized spacial score (nSPS) is 28.1. The van der Waals surface area contributed by atoms with Crippen molar-refractivity contribution in [3.05, 3.63) is 54.1 Å². The monoisotopic (exact) mass is 410 g/mol. The van der Waals surface area contributed by atoms with Crippen LogP contribution in [-0.2, 0) is 4.74 Å². The number of hydrogen-bond acceptors (Lipinski definition) is 3. The van der Waals surface area contributed by atoms with Gasteiger partial charge in [0.25, 0.3) is 0 Å². The van der Waals surface area contributed by atoms with Crippen molar-refractivity contribution in [2.24, 2.45) is 0 Å². The summed E-state index contributed by atoms with van der Waals surface area (Å²) in [7, 11) is 0. The van der Waals surface area contributed by atoms with Gasteiger partial charge in [-0.05, 0) is 61.7 Å². The predicted octanol–water partition coefficient (Wildman–Crippen LogP) is 4.54. The van der Waals surface area contributed by atoms with Gasteiger partial charge in [-0.25, -0.2) is 0 Å². The molecule has 2 aromatic heterocycles. The molecule has 3 atom stereocenters. The van der Waals surface area contributed by atoms with Gasteiger partial charge in [0.1, 0.15) is 0 Å². The molecule has 4 heterocycles. The van der Waals surface area contributed by atoms with Gasteiger partial charge in [-0.15, -0.1) is 0 Å². The molecule has 3 aliphatic rings. The Morgan fingerprint density at radius 3 is 2.76 bits per heavy atom. The van der Waals surface area contributed by atoms with Crippen LogP contribution >= 0.6 is 12.2 Å². The maximum atomic E-state index is 5.94. The van der Waals surface area contributed by atoms with Crippen LogP contribution in [0.1, 0.15) is 74.3 Å². The van der Waals surface area contributed by atoms with Crippen molar-refractivity contribution in [2.75, 3.05) is 13.2 Å². The van der Waals surface area contributed by atoms with E-state index in [1.54, 1.807) is 0 Å². The van der Waals surface area contributed by atoms with Gasteiger partial charge in [0.05, 0.1) is 23.9 Å². The van der Waals surface area contributed by atoms with E-state index in [2.05, 4.69) is 50.4 Å². The Balaban J connectivity index is 1.45. The topological polar surface area (TPSA) is 42.3 Å². The fraction of sp³-hybridized carbons (Fsp3) is 0.565. The molecule has 0 bridgehead atoms. The summed E-state index contributed by atoms with van der Waals surface area (Å²) < 4.78 is 8.38. The first-order chi connectivity index (χ1) is 14.3. The zero-order valence-electron chi connectivity index (χ0n) is 16.9. The standard InChI is InChI=1S/C23H30N4OS/c29-23-25-21(20-10-4-5-12-24-20)22(27(23)16-19-9-6-14-28-19)17-11-13-26(15-17)18-7-2-1-3-8-18/h4-5,10-13,15,18-19,21-22H,1-3,6-9,14,16H2,(H,25,29)/t19-,21+,22+/m0/s1. The summed E-state index contributed by atoms with van der Waals surface area (Å²) in [4.78, 5) is 6.99. The Morgan fingerprint density at radius 1 is 1.10 bits per heavy atom. The molecule has 2 aliphatic heterocycles. The Bertz CT molecular complexity index is 826. The summed E-state index contributed by atoms with van der Waals surface area (Å²) in [5.41, 5.74) is 2.36.